The standard InChI is InChI=1S/C28H33N3O2/c1-32-26-15-8-10-20-18-21(33-28(20)26)19-29-16-6-2-3-7-17-30-27-22-11-4-5-13-24(22)31-25-14-9-12-23(25)27/h4-5,8,10-11,13,15,18,29H,2-3,6-7,9,12,14,16-17,19H2,1H3,(H,30,31). The zero-order valence-corrected chi connectivity index (χ0v) is 19.5. The Kier molecular flexibility index (Phi) is 6.77. The van der Waals surface area contributed by atoms with Crippen LogP contribution in [0.3, 0.4) is 0 Å². The molecule has 5 nitrogen and oxygen atoms in total. The van der Waals surface area contributed by atoms with Crippen LogP contribution in [0.25, 0.3) is 21.9 Å². The third-order valence-electron chi connectivity index (χ3n) is 6.58. The topological polar surface area (TPSA) is 59.3 Å². The molecule has 2 aromatic carbocycles. The fourth-order valence-electron chi connectivity index (χ4n) is 4.90. The Hall–Kier alpha value is -3.05. The highest BCUT2D eigenvalue weighted by atomic mass is 16.5. The van der Waals surface area contributed by atoms with Crippen molar-refractivity contribution in [2.75, 3.05) is 25.5 Å². The molecule has 2 aromatic heterocycles. The molecule has 0 unspecified atom stereocenters. The molecule has 0 aliphatic heterocycles. The summed E-state index contributed by atoms with van der Waals surface area (Å²) in [6, 6.07) is 16.6. The highest BCUT2D eigenvalue weighted by Gasteiger charge is 2.19. The van der Waals surface area contributed by atoms with Crippen LogP contribution in [0.1, 0.15) is 49.1 Å². The number of pyridine rings is 1. The Balaban J connectivity index is 1.03. The average Bonchev–Trinajstić information content (AvgIpc) is 3.48. The van der Waals surface area contributed by atoms with Gasteiger partial charge in [0.1, 0.15) is 5.76 Å². The summed E-state index contributed by atoms with van der Waals surface area (Å²) >= 11 is 0. The molecule has 0 fully saturated rings. The minimum atomic E-state index is 0.750. The second kappa shape index (κ2) is 10.3. The summed E-state index contributed by atoms with van der Waals surface area (Å²) in [4.78, 5) is 4.89. The third kappa shape index (κ3) is 4.83. The zero-order chi connectivity index (χ0) is 22.5. The van der Waals surface area contributed by atoms with Gasteiger partial charge in [0.15, 0.2) is 11.3 Å². The van der Waals surface area contributed by atoms with Crippen molar-refractivity contribution in [1.29, 1.82) is 0 Å². The lowest BCUT2D eigenvalue weighted by atomic mass is 10.1. The number of aryl methyl sites for hydroxylation is 1. The van der Waals surface area contributed by atoms with E-state index in [2.05, 4.69) is 47.0 Å². The number of hydrogen-bond acceptors (Lipinski definition) is 5. The Morgan fingerprint density at radius 1 is 0.970 bits per heavy atom. The summed E-state index contributed by atoms with van der Waals surface area (Å²) in [5, 5.41) is 9.62. The number of hydrogen-bond donors (Lipinski definition) is 2. The number of aromatic nitrogens is 1. The molecule has 172 valence electrons. The van der Waals surface area contributed by atoms with Gasteiger partial charge in [-0.3, -0.25) is 4.98 Å². The van der Waals surface area contributed by atoms with Gasteiger partial charge < -0.3 is 19.8 Å². The van der Waals surface area contributed by atoms with Gasteiger partial charge in [0.2, 0.25) is 0 Å². The Labute approximate surface area is 195 Å². The molecule has 5 rings (SSSR count). The van der Waals surface area contributed by atoms with Gasteiger partial charge in [-0.05, 0) is 62.4 Å². The van der Waals surface area contributed by atoms with Gasteiger partial charge in [0.25, 0.3) is 0 Å². The minimum Gasteiger partial charge on any atom is -0.493 e. The van der Waals surface area contributed by atoms with Crippen molar-refractivity contribution >= 4 is 27.6 Å². The first-order valence-electron chi connectivity index (χ1n) is 12.2. The number of benzene rings is 2. The molecule has 2 heterocycles. The van der Waals surface area contributed by atoms with Crippen molar-refractivity contribution < 1.29 is 9.15 Å². The first-order chi connectivity index (χ1) is 16.3. The van der Waals surface area contributed by atoms with Gasteiger partial charge in [-0.25, -0.2) is 0 Å². The van der Waals surface area contributed by atoms with Crippen molar-refractivity contribution in [2.45, 2.75) is 51.5 Å². The number of methoxy groups -OCH3 is 1. The van der Waals surface area contributed by atoms with Crippen molar-refractivity contribution in [1.82, 2.24) is 10.3 Å². The van der Waals surface area contributed by atoms with Crippen LogP contribution >= 0.6 is 0 Å². The molecule has 0 amide bonds. The van der Waals surface area contributed by atoms with Crippen LogP contribution in [0.5, 0.6) is 5.75 Å². The van der Waals surface area contributed by atoms with E-state index in [-0.39, 0.29) is 0 Å². The molecule has 1 aliphatic rings. The number of rotatable bonds is 11. The largest absolute Gasteiger partial charge is 0.493 e. The van der Waals surface area contributed by atoms with Gasteiger partial charge in [0.05, 0.1) is 19.2 Å². The lowest BCUT2D eigenvalue weighted by Gasteiger charge is -2.14. The monoisotopic (exact) mass is 443 g/mol. The van der Waals surface area contributed by atoms with Crippen LogP contribution in [0.2, 0.25) is 0 Å². The molecule has 0 radical (unpaired) electrons. The van der Waals surface area contributed by atoms with E-state index < -0.39 is 0 Å². The Morgan fingerprint density at radius 3 is 2.76 bits per heavy atom. The van der Waals surface area contributed by atoms with Crippen molar-refractivity contribution in [3.8, 4) is 5.75 Å². The zero-order valence-electron chi connectivity index (χ0n) is 19.5. The lowest BCUT2D eigenvalue weighted by Crippen LogP contribution is -2.14. The van der Waals surface area contributed by atoms with Crippen molar-refractivity contribution in [3.05, 3.63) is 65.5 Å². The molecular formula is C28H33N3O2. The minimum absolute atomic E-state index is 0.750. The van der Waals surface area contributed by atoms with Gasteiger partial charge in [0, 0.05) is 28.7 Å². The maximum Gasteiger partial charge on any atom is 0.176 e. The summed E-state index contributed by atoms with van der Waals surface area (Å²) < 4.78 is 11.3. The lowest BCUT2D eigenvalue weighted by molar-refractivity contribution is 0.406. The fourth-order valence-corrected chi connectivity index (χ4v) is 4.90. The van der Waals surface area contributed by atoms with Gasteiger partial charge in [-0.1, -0.05) is 43.2 Å². The van der Waals surface area contributed by atoms with E-state index in [1.165, 1.54) is 54.4 Å². The molecule has 2 N–H and O–H groups in total. The van der Waals surface area contributed by atoms with Crippen LogP contribution < -0.4 is 15.4 Å². The maximum absolute atomic E-state index is 5.95. The highest BCUT2D eigenvalue weighted by Crippen LogP contribution is 2.34. The smallest absolute Gasteiger partial charge is 0.176 e. The number of unbranched alkanes of at least 4 members (excludes halogenated alkanes) is 3. The quantitative estimate of drug-likeness (QED) is 0.269. The molecular weight excluding hydrogens is 410 g/mol. The summed E-state index contributed by atoms with van der Waals surface area (Å²) in [5.74, 6) is 1.74. The number of anilines is 1. The molecule has 1 aliphatic carbocycles. The second-order valence-electron chi connectivity index (χ2n) is 8.89. The van der Waals surface area contributed by atoms with E-state index in [4.69, 9.17) is 14.1 Å². The van der Waals surface area contributed by atoms with E-state index >= 15 is 0 Å². The summed E-state index contributed by atoms with van der Waals surface area (Å²) in [5.41, 5.74) is 6.02. The summed E-state index contributed by atoms with van der Waals surface area (Å²) in [7, 11) is 1.68. The fraction of sp³-hybridized carbons (Fsp3) is 0.393. The first-order valence-corrected chi connectivity index (χ1v) is 12.2. The van der Waals surface area contributed by atoms with Crippen LogP contribution in [0.15, 0.2) is 52.9 Å². The molecule has 0 saturated heterocycles. The summed E-state index contributed by atoms with van der Waals surface area (Å²) in [6.07, 6.45) is 8.33. The van der Waals surface area contributed by atoms with E-state index in [9.17, 15) is 0 Å². The molecule has 33 heavy (non-hydrogen) atoms. The maximum atomic E-state index is 5.95. The van der Waals surface area contributed by atoms with Crippen LogP contribution in [-0.2, 0) is 19.4 Å². The number of fused-ring (bicyclic) bond motifs is 3. The highest BCUT2D eigenvalue weighted by molar-refractivity contribution is 5.93. The summed E-state index contributed by atoms with van der Waals surface area (Å²) in [6.45, 7) is 2.78. The number of para-hydroxylation sites is 2. The molecule has 0 spiro atoms. The van der Waals surface area contributed by atoms with E-state index in [1.54, 1.807) is 7.11 Å². The van der Waals surface area contributed by atoms with Crippen LogP contribution in [-0.4, -0.2) is 25.2 Å². The van der Waals surface area contributed by atoms with Gasteiger partial charge in [-0.2, -0.15) is 0 Å². The van der Waals surface area contributed by atoms with E-state index in [0.29, 0.717) is 0 Å². The Morgan fingerprint density at radius 2 is 1.85 bits per heavy atom. The predicted octanol–water partition coefficient (Wildman–Crippen LogP) is 6.24. The Bertz CT molecular complexity index is 1230. The normalized spacial score (nSPS) is 13.0. The molecule has 4 aromatic rings. The SMILES string of the molecule is COc1cccc2cc(CNCCCCCCNc3c4c(nc5ccccc35)CCC4)oc12. The number of furan rings is 1. The predicted molar refractivity (Wildman–Crippen MR) is 135 cm³/mol. The number of nitrogens with zero attached hydrogens (tertiary/aromatic N) is 1. The third-order valence-corrected chi connectivity index (χ3v) is 6.58. The second-order valence-corrected chi connectivity index (χ2v) is 8.89. The number of ether oxygens (including phenoxy) is 1. The van der Waals surface area contributed by atoms with Crippen LogP contribution in [0, 0.1) is 0 Å². The van der Waals surface area contributed by atoms with Gasteiger partial charge >= 0.3 is 0 Å². The number of nitrogens with one attached hydrogen (secondary N) is 2. The van der Waals surface area contributed by atoms with Gasteiger partial charge in [-0.15, -0.1) is 0 Å². The first kappa shape index (κ1) is 21.8. The van der Waals surface area contributed by atoms with E-state index in [0.717, 1.165) is 60.5 Å². The molecule has 0 saturated carbocycles. The average molecular weight is 444 g/mol. The molecule has 0 atom stereocenters. The van der Waals surface area contributed by atoms with Crippen molar-refractivity contribution in [2.24, 2.45) is 0 Å². The molecule has 0 bridgehead atoms. The molecule has 5 heteroatoms. The van der Waals surface area contributed by atoms with E-state index in [1.807, 2.05) is 12.1 Å². The van der Waals surface area contributed by atoms with Crippen LogP contribution in [0.4, 0.5) is 5.69 Å². The van der Waals surface area contributed by atoms with Crippen molar-refractivity contribution in [3.63, 3.8) is 0 Å².